The molecule has 1 N–H and O–H groups in total. The van der Waals surface area contributed by atoms with Gasteiger partial charge in [0.1, 0.15) is 5.82 Å². The van der Waals surface area contributed by atoms with E-state index < -0.39 is 15.8 Å². The smallest absolute Gasteiger partial charge is 0.243 e. The van der Waals surface area contributed by atoms with Crippen LogP contribution in [0.25, 0.3) is 0 Å². The van der Waals surface area contributed by atoms with Crippen molar-refractivity contribution in [2.45, 2.75) is 24.7 Å². The number of carbonyl (C=O) groups excluding carboxylic acids is 1. The normalized spacial score (nSPS) is 16.0. The average molecular weight is 498 g/mol. The van der Waals surface area contributed by atoms with Crippen molar-refractivity contribution in [3.63, 3.8) is 0 Å². The molecule has 1 saturated heterocycles. The molecule has 9 heteroatoms. The maximum atomic E-state index is 13.9. The van der Waals surface area contributed by atoms with Gasteiger partial charge in [0.25, 0.3) is 0 Å². The zero-order valence-electron chi connectivity index (χ0n) is 16.9. The minimum atomic E-state index is -3.56. The van der Waals surface area contributed by atoms with Gasteiger partial charge in [-0.15, -0.1) is 0 Å². The second-order valence-electron chi connectivity index (χ2n) is 7.58. The van der Waals surface area contributed by atoms with Gasteiger partial charge in [-0.2, -0.15) is 4.31 Å². The van der Waals surface area contributed by atoms with Gasteiger partial charge >= 0.3 is 0 Å². The first-order chi connectivity index (χ1) is 14.2. The van der Waals surface area contributed by atoms with Gasteiger partial charge in [0.15, 0.2) is 0 Å². The molecule has 0 radical (unpaired) electrons. The van der Waals surface area contributed by atoms with E-state index in [0.717, 1.165) is 5.56 Å². The number of piperazine rings is 1. The molecular formula is C21H25BrFN3O3S. The molecule has 0 bridgehead atoms. The molecule has 0 saturated carbocycles. The van der Waals surface area contributed by atoms with Crippen LogP contribution in [0.5, 0.6) is 0 Å². The van der Waals surface area contributed by atoms with Crippen LogP contribution in [0, 0.1) is 5.82 Å². The summed E-state index contributed by atoms with van der Waals surface area (Å²) >= 11 is 3.18. The molecule has 162 valence electrons. The molecule has 0 aromatic heterocycles. The Kier molecular flexibility index (Phi) is 7.28. The van der Waals surface area contributed by atoms with E-state index in [1.165, 1.54) is 16.4 Å². The summed E-state index contributed by atoms with van der Waals surface area (Å²) in [6, 6.07) is 11.4. The second-order valence-corrected chi connectivity index (χ2v) is 10.4. The van der Waals surface area contributed by atoms with E-state index in [1.54, 1.807) is 18.2 Å². The van der Waals surface area contributed by atoms with Crippen LogP contribution in [-0.2, 0) is 14.8 Å². The van der Waals surface area contributed by atoms with Crippen molar-refractivity contribution < 1.29 is 17.6 Å². The van der Waals surface area contributed by atoms with Crippen LogP contribution in [0.3, 0.4) is 0 Å². The Hall–Kier alpha value is -1.81. The number of rotatable bonds is 6. The lowest BCUT2D eigenvalue weighted by Gasteiger charge is -2.33. The standard InChI is InChI=1S/C21H25BrFN3O3S/c1-15(2)16-3-6-18(7-4-16)30(28,29)26-11-9-25(10-12-26)14-21(27)24-20-8-5-17(22)13-19(20)23/h3-8,13,15H,9-12,14H2,1-2H3,(H,24,27). The third-order valence-corrected chi connectivity index (χ3v) is 7.49. The summed E-state index contributed by atoms with van der Waals surface area (Å²) < 4.78 is 41.7. The molecule has 1 heterocycles. The summed E-state index contributed by atoms with van der Waals surface area (Å²) in [5, 5.41) is 2.56. The average Bonchev–Trinajstić information content (AvgIpc) is 2.70. The van der Waals surface area contributed by atoms with Crippen LogP contribution in [0.4, 0.5) is 10.1 Å². The Labute approximate surface area is 185 Å². The summed E-state index contributed by atoms with van der Waals surface area (Å²) in [5.41, 5.74) is 1.21. The van der Waals surface area contributed by atoms with Crippen molar-refractivity contribution in [1.29, 1.82) is 0 Å². The maximum Gasteiger partial charge on any atom is 0.243 e. The van der Waals surface area contributed by atoms with Gasteiger partial charge < -0.3 is 5.32 Å². The van der Waals surface area contributed by atoms with Crippen molar-refractivity contribution in [3.8, 4) is 0 Å². The third-order valence-electron chi connectivity index (χ3n) is 5.09. The number of carbonyl (C=O) groups is 1. The topological polar surface area (TPSA) is 69.7 Å². The number of sulfonamides is 1. The minimum Gasteiger partial charge on any atom is -0.322 e. The summed E-state index contributed by atoms with van der Waals surface area (Å²) in [6.07, 6.45) is 0. The third kappa shape index (κ3) is 5.46. The molecule has 0 spiro atoms. The van der Waals surface area contributed by atoms with Crippen LogP contribution >= 0.6 is 15.9 Å². The highest BCUT2D eigenvalue weighted by Gasteiger charge is 2.29. The first kappa shape index (κ1) is 22.9. The van der Waals surface area contributed by atoms with E-state index in [1.807, 2.05) is 17.0 Å². The SMILES string of the molecule is CC(C)c1ccc(S(=O)(=O)N2CCN(CC(=O)Nc3ccc(Br)cc3F)CC2)cc1. The van der Waals surface area contributed by atoms with Gasteiger partial charge in [-0.3, -0.25) is 9.69 Å². The summed E-state index contributed by atoms with van der Waals surface area (Å²) in [7, 11) is -3.56. The molecule has 30 heavy (non-hydrogen) atoms. The monoisotopic (exact) mass is 497 g/mol. The van der Waals surface area contributed by atoms with Crippen molar-refractivity contribution in [2.75, 3.05) is 38.0 Å². The van der Waals surface area contributed by atoms with Gasteiger partial charge in [-0.25, -0.2) is 12.8 Å². The van der Waals surface area contributed by atoms with Gasteiger partial charge in [-0.1, -0.05) is 41.9 Å². The van der Waals surface area contributed by atoms with Crippen molar-refractivity contribution in [2.24, 2.45) is 0 Å². The fraction of sp³-hybridized carbons (Fsp3) is 0.381. The number of benzene rings is 2. The van der Waals surface area contributed by atoms with Gasteiger partial charge in [0.2, 0.25) is 15.9 Å². The summed E-state index contributed by atoms with van der Waals surface area (Å²) in [6.45, 7) is 5.65. The first-order valence-electron chi connectivity index (χ1n) is 9.74. The molecule has 2 aromatic rings. The molecule has 1 aliphatic heterocycles. The molecule has 3 rings (SSSR count). The molecular weight excluding hydrogens is 473 g/mol. The molecule has 0 atom stereocenters. The molecule has 1 aliphatic rings. The number of anilines is 1. The predicted molar refractivity (Wildman–Crippen MR) is 118 cm³/mol. The number of hydrogen-bond acceptors (Lipinski definition) is 4. The van der Waals surface area contributed by atoms with E-state index in [-0.39, 0.29) is 23.0 Å². The lowest BCUT2D eigenvalue weighted by molar-refractivity contribution is -0.117. The number of hydrogen-bond donors (Lipinski definition) is 1. The fourth-order valence-electron chi connectivity index (χ4n) is 3.29. The Balaban J connectivity index is 1.55. The van der Waals surface area contributed by atoms with Crippen LogP contribution in [0.1, 0.15) is 25.3 Å². The van der Waals surface area contributed by atoms with E-state index in [2.05, 4.69) is 35.1 Å². The molecule has 2 aromatic carbocycles. The number of nitrogens with one attached hydrogen (secondary N) is 1. The molecule has 0 unspecified atom stereocenters. The minimum absolute atomic E-state index is 0.0759. The Bertz CT molecular complexity index is 1000. The summed E-state index contributed by atoms with van der Waals surface area (Å²) in [4.78, 5) is 14.4. The molecule has 6 nitrogen and oxygen atoms in total. The van der Waals surface area contributed by atoms with Gasteiger partial charge in [0, 0.05) is 30.7 Å². The van der Waals surface area contributed by atoms with Crippen LogP contribution in [-0.4, -0.2) is 56.3 Å². The van der Waals surface area contributed by atoms with Crippen LogP contribution < -0.4 is 5.32 Å². The lowest BCUT2D eigenvalue weighted by Crippen LogP contribution is -2.50. The highest BCUT2D eigenvalue weighted by Crippen LogP contribution is 2.22. The van der Waals surface area contributed by atoms with E-state index in [9.17, 15) is 17.6 Å². The predicted octanol–water partition coefficient (Wildman–Crippen LogP) is 3.66. The number of halogens is 2. The van der Waals surface area contributed by atoms with Gasteiger partial charge in [-0.05, 0) is 41.8 Å². The number of amides is 1. The van der Waals surface area contributed by atoms with Crippen molar-refractivity contribution in [3.05, 3.63) is 58.3 Å². The van der Waals surface area contributed by atoms with Gasteiger partial charge in [0.05, 0.1) is 17.1 Å². The van der Waals surface area contributed by atoms with Crippen LogP contribution in [0.2, 0.25) is 0 Å². The Morgan fingerprint density at radius 2 is 1.73 bits per heavy atom. The fourth-order valence-corrected chi connectivity index (χ4v) is 5.04. The molecule has 1 amide bonds. The Morgan fingerprint density at radius 3 is 2.30 bits per heavy atom. The zero-order valence-corrected chi connectivity index (χ0v) is 19.3. The largest absolute Gasteiger partial charge is 0.322 e. The van der Waals surface area contributed by atoms with E-state index in [4.69, 9.17) is 0 Å². The summed E-state index contributed by atoms with van der Waals surface area (Å²) in [5.74, 6) is -0.517. The molecule has 0 aliphatic carbocycles. The van der Waals surface area contributed by atoms with Crippen molar-refractivity contribution >= 4 is 37.5 Å². The highest BCUT2D eigenvalue weighted by molar-refractivity contribution is 9.10. The van der Waals surface area contributed by atoms with Crippen molar-refractivity contribution in [1.82, 2.24) is 9.21 Å². The molecule has 1 fully saturated rings. The first-order valence-corrected chi connectivity index (χ1v) is 12.0. The zero-order chi connectivity index (χ0) is 21.9. The lowest BCUT2D eigenvalue weighted by atomic mass is 10.0. The second kappa shape index (κ2) is 9.55. The van der Waals surface area contributed by atoms with E-state index in [0.29, 0.717) is 36.6 Å². The van der Waals surface area contributed by atoms with E-state index >= 15 is 0 Å². The Morgan fingerprint density at radius 1 is 1.10 bits per heavy atom. The maximum absolute atomic E-state index is 13.9. The quantitative estimate of drug-likeness (QED) is 0.660. The van der Waals surface area contributed by atoms with Crippen LogP contribution in [0.15, 0.2) is 51.8 Å². The highest BCUT2D eigenvalue weighted by atomic mass is 79.9. The number of nitrogens with zero attached hydrogens (tertiary/aromatic N) is 2.